The average molecular weight is 145 g/mol. The lowest BCUT2D eigenvalue weighted by Gasteiger charge is -1.96. The van der Waals surface area contributed by atoms with Gasteiger partial charge in [-0.1, -0.05) is 36.9 Å². The van der Waals surface area contributed by atoms with E-state index < -0.39 is 0 Å². The van der Waals surface area contributed by atoms with Gasteiger partial charge < -0.3 is 0 Å². The zero-order valence-electron chi connectivity index (χ0n) is 6.62. The summed E-state index contributed by atoms with van der Waals surface area (Å²) >= 11 is 0. The van der Waals surface area contributed by atoms with Crippen LogP contribution in [0.2, 0.25) is 0 Å². The predicted molar refractivity (Wildman–Crippen MR) is 50.1 cm³/mol. The highest BCUT2D eigenvalue weighted by Crippen LogP contribution is 2.06. The van der Waals surface area contributed by atoms with Gasteiger partial charge in [0.1, 0.15) is 0 Å². The maximum Gasteiger partial charge on any atom is 0.0287 e. The molecule has 0 spiro atoms. The number of aliphatic imine (C=N–C) groups is 1. The second-order valence-electron chi connectivity index (χ2n) is 2.22. The summed E-state index contributed by atoms with van der Waals surface area (Å²) in [5.41, 5.74) is 2.24. The highest BCUT2D eigenvalue weighted by Gasteiger charge is 1.91. The molecule has 56 valence electrons. The molecule has 1 aromatic carbocycles. The molecule has 0 unspecified atom stereocenters. The zero-order chi connectivity index (χ0) is 8.10. The van der Waals surface area contributed by atoms with E-state index in [9.17, 15) is 0 Å². The molecule has 0 radical (unpaired) electrons. The second kappa shape index (κ2) is 3.71. The molecule has 0 bridgehead atoms. The van der Waals surface area contributed by atoms with Crippen LogP contribution >= 0.6 is 0 Å². The van der Waals surface area contributed by atoms with Crippen LogP contribution in [-0.4, -0.2) is 13.3 Å². The SMILES string of the molecule is C=Cc1ccccc1/C=N\C. The predicted octanol–water partition coefficient (Wildman–Crippen LogP) is 2.38. The first-order valence-corrected chi connectivity index (χ1v) is 3.52. The number of benzene rings is 1. The van der Waals surface area contributed by atoms with E-state index in [4.69, 9.17) is 0 Å². The summed E-state index contributed by atoms with van der Waals surface area (Å²) in [4.78, 5) is 3.94. The van der Waals surface area contributed by atoms with Gasteiger partial charge in [-0.2, -0.15) is 0 Å². The Morgan fingerprint density at radius 1 is 1.27 bits per heavy atom. The van der Waals surface area contributed by atoms with Crippen molar-refractivity contribution in [1.82, 2.24) is 0 Å². The van der Waals surface area contributed by atoms with Gasteiger partial charge in [-0.05, 0) is 11.1 Å². The molecule has 0 saturated heterocycles. The molecule has 0 atom stereocenters. The van der Waals surface area contributed by atoms with E-state index in [1.54, 1.807) is 7.05 Å². The molecule has 0 N–H and O–H groups in total. The number of nitrogens with zero attached hydrogens (tertiary/aromatic N) is 1. The minimum atomic E-state index is 1.12. The fraction of sp³-hybridized carbons (Fsp3) is 0.100. The lowest BCUT2D eigenvalue weighted by Crippen LogP contribution is -1.84. The molecule has 0 heterocycles. The van der Waals surface area contributed by atoms with Crippen LogP contribution in [0.15, 0.2) is 35.8 Å². The molecule has 0 fully saturated rings. The molecule has 0 aliphatic carbocycles. The van der Waals surface area contributed by atoms with Gasteiger partial charge in [-0.3, -0.25) is 4.99 Å². The van der Waals surface area contributed by atoms with Crippen LogP contribution in [-0.2, 0) is 0 Å². The smallest absolute Gasteiger partial charge is 0.0287 e. The molecule has 1 aromatic rings. The summed E-state index contributed by atoms with van der Waals surface area (Å²) in [6.45, 7) is 3.71. The first-order valence-electron chi connectivity index (χ1n) is 3.52. The van der Waals surface area contributed by atoms with Crippen molar-refractivity contribution in [3.05, 3.63) is 42.0 Å². The molecule has 11 heavy (non-hydrogen) atoms. The Bertz CT molecular complexity index is 274. The van der Waals surface area contributed by atoms with Gasteiger partial charge in [0.2, 0.25) is 0 Å². The summed E-state index contributed by atoms with van der Waals surface area (Å²) in [6, 6.07) is 8.02. The lowest BCUT2D eigenvalue weighted by molar-refractivity contribution is 1.46. The largest absolute Gasteiger partial charge is 0.296 e. The summed E-state index contributed by atoms with van der Waals surface area (Å²) in [5.74, 6) is 0. The van der Waals surface area contributed by atoms with E-state index in [2.05, 4.69) is 11.6 Å². The van der Waals surface area contributed by atoms with Gasteiger partial charge in [0, 0.05) is 13.3 Å². The fourth-order valence-corrected chi connectivity index (χ4v) is 0.953. The van der Waals surface area contributed by atoms with Gasteiger partial charge >= 0.3 is 0 Å². The van der Waals surface area contributed by atoms with Crippen molar-refractivity contribution in [2.75, 3.05) is 7.05 Å². The van der Waals surface area contributed by atoms with Crippen molar-refractivity contribution < 1.29 is 0 Å². The molecule has 1 rings (SSSR count). The third-order valence-electron chi connectivity index (χ3n) is 1.48. The monoisotopic (exact) mass is 145 g/mol. The van der Waals surface area contributed by atoms with Gasteiger partial charge in [0.15, 0.2) is 0 Å². The van der Waals surface area contributed by atoms with E-state index in [1.165, 1.54) is 0 Å². The number of hydrogen-bond donors (Lipinski definition) is 0. The number of rotatable bonds is 2. The third kappa shape index (κ3) is 1.77. The van der Waals surface area contributed by atoms with Crippen LogP contribution in [0, 0.1) is 0 Å². The van der Waals surface area contributed by atoms with Gasteiger partial charge in [0.25, 0.3) is 0 Å². The Hall–Kier alpha value is -1.37. The molecule has 0 saturated carbocycles. The minimum Gasteiger partial charge on any atom is -0.296 e. The maximum atomic E-state index is 3.94. The van der Waals surface area contributed by atoms with E-state index >= 15 is 0 Å². The average Bonchev–Trinajstić information content (AvgIpc) is 2.06. The highest BCUT2D eigenvalue weighted by molar-refractivity contribution is 5.85. The molecule has 1 nitrogen and oxygen atoms in total. The topological polar surface area (TPSA) is 12.4 Å². The van der Waals surface area contributed by atoms with Crippen LogP contribution in [0.5, 0.6) is 0 Å². The summed E-state index contributed by atoms with van der Waals surface area (Å²) in [6.07, 6.45) is 3.66. The van der Waals surface area contributed by atoms with E-state index in [1.807, 2.05) is 36.6 Å². The summed E-state index contributed by atoms with van der Waals surface area (Å²) in [5, 5.41) is 0. The highest BCUT2D eigenvalue weighted by atomic mass is 14.6. The fourth-order valence-electron chi connectivity index (χ4n) is 0.953. The minimum absolute atomic E-state index is 1.12. The first-order chi connectivity index (χ1) is 5.38. The van der Waals surface area contributed by atoms with Crippen LogP contribution in [0.1, 0.15) is 11.1 Å². The molecular weight excluding hydrogens is 134 g/mol. The van der Waals surface area contributed by atoms with Crippen LogP contribution < -0.4 is 0 Å². The quantitative estimate of drug-likeness (QED) is 0.566. The number of hydrogen-bond acceptors (Lipinski definition) is 1. The zero-order valence-corrected chi connectivity index (χ0v) is 6.62. The molecule has 0 amide bonds. The Labute approximate surface area is 67.1 Å². The van der Waals surface area contributed by atoms with Crippen molar-refractivity contribution in [1.29, 1.82) is 0 Å². The van der Waals surface area contributed by atoms with Crippen molar-refractivity contribution in [3.63, 3.8) is 0 Å². The van der Waals surface area contributed by atoms with Gasteiger partial charge in [0.05, 0.1) is 0 Å². The Balaban J connectivity index is 3.11. The van der Waals surface area contributed by atoms with Gasteiger partial charge in [-0.15, -0.1) is 0 Å². The van der Waals surface area contributed by atoms with Crippen molar-refractivity contribution in [2.45, 2.75) is 0 Å². The molecular formula is C10H11N. The summed E-state index contributed by atoms with van der Waals surface area (Å²) in [7, 11) is 1.76. The van der Waals surface area contributed by atoms with Crippen LogP contribution in [0.3, 0.4) is 0 Å². The van der Waals surface area contributed by atoms with E-state index in [-0.39, 0.29) is 0 Å². The van der Waals surface area contributed by atoms with Crippen LogP contribution in [0.4, 0.5) is 0 Å². The molecule has 0 aliphatic heterocycles. The van der Waals surface area contributed by atoms with Crippen LogP contribution in [0.25, 0.3) is 6.08 Å². The van der Waals surface area contributed by atoms with E-state index in [0.29, 0.717) is 0 Å². The first kappa shape index (κ1) is 7.73. The van der Waals surface area contributed by atoms with Crippen molar-refractivity contribution in [3.8, 4) is 0 Å². The molecule has 0 aliphatic rings. The van der Waals surface area contributed by atoms with Crippen molar-refractivity contribution in [2.24, 2.45) is 4.99 Å². The maximum absolute atomic E-state index is 3.94. The third-order valence-corrected chi connectivity index (χ3v) is 1.48. The lowest BCUT2D eigenvalue weighted by atomic mass is 10.1. The Morgan fingerprint density at radius 2 is 1.91 bits per heavy atom. The normalized spacial score (nSPS) is 10.3. The molecule has 0 aromatic heterocycles. The Morgan fingerprint density at radius 3 is 2.45 bits per heavy atom. The summed E-state index contributed by atoms with van der Waals surface area (Å²) < 4.78 is 0. The van der Waals surface area contributed by atoms with Crippen molar-refractivity contribution >= 4 is 12.3 Å². The standard InChI is InChI=1S/C10H11N/c1-3-9-6-4-5-7-10(9)8-11-2/h3-8H,1H2,2H3/b11-8-. The van der Waals surface area contributed by atoms with E-state index in [0.717, 1.165) is 11.1 Å². The van der Waals surface area contributed by atoms with Gasteiger partial charge in [-0.25, -0.2) is 0 Å². The Kier molecular flexibility index (Phi) is 2.61. The molecule has 1 heteroatoms. The second-order valence-corrected chi connectivity index (χ2v) is 2.22.